The number of allylic oxidation sites excluding steroid dienone is 6. The summed E-state index contributed by atoms with van der Waals surface area (Å²) in [6.07, 6.45) is 11.5. The molecule has 100 valence electrons. The molecule has 0 aromatic heterocycles. The molecule has 0 radical (unpaired) electrons. The molecule has 0 saturated heterocycles. The van der Waals surface area contributed by atoms with Gasteiger partial charge in [0.15, 0.2) is 0 Å². The molecular formula is C18H28. The Balaban J connectivity index is 2.37. The molecule has 2 rings (SSSR count). The van der Waals surface area contributed by atoms with Gasteiger partial charge in [-0.2, -0.15) is 0 Å². The second-order valence-corrected chi connectivity index (χ2v) is 6.59. The second kappa shape index (κ2) is 5.47. The van der Waals surface area contributed by atoms with Crippen molar-refractivity contribution in [1.29, 1.82) is 0 Å². The summed E-state index contributed by atoms with van der Waals surface area (Å²) in [4.78, 5) is 0. The lowest BCUT2D eigenvalue weighted by Gasteiger charge is -2.41. The molecule has 1 fully saturated rings. The van der Waals surface area contributed by atoms with E-state index < -0.39 is 0 Å². The monoisotopic (exact) mass is 244 g/mol. The molecule has 0 N–H and O–H groups in total. The summed E-state index contributed by atoms with van der Waals surface area (Å²) in [5, 5.41) is 0. The van der Waals surface area contributed by atoms with Crippen molar-refractivity contribution in [3.63, 3.8) is 0 Å². The van der Waals surface area contributed by atoms with Crippen LogP contribution >= 0.6 is 0 Å². The normalized spacial score (nSPS) is 38.1. The minimum absolute atomic E-state index is 0.655. The molecule has 0 amide bonds. The molecule has 0 nitrogen and oxygen atoms in total. The Morgan fingerprint density at radius 2 is 1.94 bits per heavy atom. The lowest BCUT2D eigenvalue weighted by Crippen LogP contribution is -2.29. The van der Waals surface area contributed by atoms with E-state index in [1.54, 1.807) is 11.1 Å². The highest BCUT2D eigenvalue weighted by Gasteiger charge is 2.35. The Hall–Kier alpha value is -0.780. The van der Waals surface area contributed by atoms with Gasteiger partial charge in [-0.25, -0.2) is 0 Å². The molecular weight excluding hydrogens is 216 g/mol. The van der Waals surface area contributed by atoms with E-state index in [0.29, 0.717) is 5.92 Å². The molecule has 2 aliphatic carbocycles. The van der Waals surface area contributed by atoms with E-state index in [9.17, 15) is 0 Å². The molecule has 0 bridgehead atoms. The van der Waals surface area contributed by atoms with Crippen LogP contribution in [0.15, 0.2) is 34.9 Å². The SMILES string of the molecule is C/C=C1\C2=C[C@H](C)CC[C@H]2[C@H](C)C[C@@H]1C=C(C)C. The Bertz CT molecular complexity index is 390. The summed E-state index contributed by atoms with van der Waals surface area (Å²) in [6, 6.07) is 0. The van der Waals surface area contributed by atoms with Crippen LogP contribution in [0.2, 0.25) is 0 Å². The average molecular weight is 244 g/mol. The largest absolute Gasteiger partial charge is 0.0836 e. The minimum atomic E-state index is 0.655. The van der Waals surface area contributed by atoms with Gasteiger partial charge >= 0.3 is 0 Å². The van der Waals surface area contributed by atoms with Crippen molar-refractivity contribution in [1.82, 2.24) is 0 Å². The summed E-state index contributed by atoms with van der Waals surface area (Å²) in [5.41, 5.74) is 4.75. The van der Waals surface area contributed by atoms with Gasteiger partial charge in [0.05, 0.1) is 0 Å². The zero-order valence-electron chi connectivity index (χ0n) is 12.7. The predicted molar refractivity (Wildman–Crippen MR) is 80.4 cm³/mol. The number of hydrogen-bond acceptors (Lipinski definition) is 0. The van der Waals surface area contributed by atoms with E-state index >= 15 is 0 Å². The van der Waals surface area contributed by atoms with Crippen molar-refractivity contribution in [2.75, 3.05) is 0 Å². The van der Waals surface area contributed by atoms with E-state index in [-0.39, 0.29) is 0 Å². The molecule has 0 aromatic rings. The number of hydrogen-bond donors (Lipinski definition) is 0. The van der Waals surface area contributed by atoms with Crippen molar-refractivity contribution in [3.8, 4) is 0 Å². The Morgan fingerprint density at radius 3 is 2.56 bits per heavy atom. The van der Waals surface area contributed by atoms with E-state index in [2.05, 4.69) is 52.8 Å². The smallest absolute Gasteiger partial charge is 0.00226 e. The third-order valence-corrected chi connectivity index (χ3v) is 4.69. The van der Waals surface area contributed by atoms with Gasteiger partial charge < -0.3 is 0 Å². The quantitative estimate of drug-likeness (QED) is 0.532. The van der Waals surface area contributed by atoms with Gasteiger partial charge in [-0.3, -0.25) is 0 Å². The Kier molecular flexibility index (Phi) is 4.14. The van der Waals surface area contributed by atoms with E-state index in [4.69, 9.17) is 0 Å². The summed E-state index contributed by atoms with van der Waals surface area (Å²) in [6.45, 7) is 11.5. The Morgan fingerprint density at radius 1 is 1.22 bits per heavy atom. The topological polar surface area (TPSA) is 0 Å². The van der Waals surface area contributed by atoms with Crippen LogP contribution in [0.1, 0.15) is 53.9 Å². The number of fused-ring (bicyclic) bond motifs is 1. The highest BCUT2D eigenvalue weighted by atomic mass is 14.4. The first-order chi connectivity index (χ1) is 8.52. The van der Waals surface area contributed by atoms with Gasteiger partial charge in [0.2, 0.25) is 0 Å². The van der Waals surface area contributed by atoms with E-state index in [0.717, 1.165) is 17.8 Å². The van der Waals surface area contributed by atoms with Crippen LogP contribution in [0, 0.1) is 23.7 Å². The van der Waals surface area contributed by atoms with Crippen LogP contribution in [-0.2, 0) is 0 Å². The van der Waals surface area contributed by atoms with Crippen LogP contribution < -0.4 is 0 Å². The molecule has 0 unspecified atom stereocenters. The minimum Gasteiger partial charge on any atom is -0.0836 e. The van der Waals surface area contributed by atoms with Crippen LogP contribution in [0.25, 0.3) is 0 Å². The van der Waals surface area contributed by atoms with Crippen LogP contribution in [0.5, 0.6) is 0 Å². The van der Waals surface area contributed by atoms with Crippen molar-refractivity contribution >= 4 is 0 Å². The van der Waals surface area contributed by atoms with E-state index in [1.165, 1.54) is 24.8 Å². The second-order valence-electron chi connectivity index (χ2n) is 6.59. The van der Waals surface area contributed by atoms with Gasteiger partial charge in [0, 0.05) is 5.92 Å². The zero-order chi connectivity index (χ0) is 13.3. The fourth-order valence-corrected chi connectivity index (χ4v) is 3.86. The number of rotatable bonds is 1. The highest BCUT2D eigenvalue weighted by Crippen LogP contribution is 2.47. The standard InChI is InChI=1S/C18H28/c1-6-16-15(9-12(2)3)11-14(5)17-8-7-13(4)10-18(16)17/h6,9-10,13-15,17H,7-8,11H2,1-5H3/b16-6-/t13-,14-,15+,17+/m1/s1. The summed E-state index contributed by atoms with van der Waals surface area (Å²) in [5.74, 6) is 3.09. The molecule has 2 aliphatic rings. The first-order valence-corrected chi connectivity index (χ1v) is 7.56. The zero-order valence-corrected chi connectivity index (χ0v) is 12.7. The summed E-state index contributed by atoms with van der Waals surface area (Å²) >= 11 is 0. The van der Waals surface area contributed by atoms with Gasteiger partial charge in [-0.05, 0) is 68.9 Å². The molecule has 1 saturated carbocycles. The van der Waals surface area contributed by atoms with Crippen molar-refractivity contribution in [2.24, 2.45) is 23.7 Å². The van der Waals surface area contributed by atoms with E-state index in [1.807, 2.05) is 0 Å². The van der Waals surface area contributed by atoms with Crippen molar-refractivity contribution < 1.29 is 0 Å². The first-order valence-electron chi connectivity index (χ1n) is 7.56. The van der Waals surface area contributed by atoms with Gasteiger partial charge in [0.25, 0.3) is 0 Å². The van der Waals surface area contributed by atoms with Crippen molar-refractivity contribution in [3.05, 3.63) is 34.9 Å². The van der Waals surface area contributed by atoms with Gasteiger partial charge in [0.1, 0.15) is 0 Å². The third-order valence-electron chi connectivity index (χ3n) is 4.69. The molecule has 0 heteroatoms. The van der Waals surface area contributed by atoms with Crippen LogP contribution in [-0.4, -0.2) is 0 Å². The van der Waals surface area contributed by atoms with Crippen molar-refractivity contribution in [2.45, 2.75) is 53.9 Å². The first kappa shape index (κ1) is 13.6. The molecule has 0 heterocycles. The molecule has 0 spiro atoms. The van der Waals surface area contributed by atoms with Crippen LogP contribution in [0.4, 0.5) is 0 Å². The lowest BCUT2D eigenvalue weighted by atomic mass is 9.64. The molecule has 0 aliphatic heterocycles. The summed E-state index contributed by atoms with van der Waals surface area (Å²) in [7, 11) is 0. The molecule has 0 aromatic carbocycles. The Labute approximate surface area is 113 Å². The molecule has 4 atom stereocenters. The van der Waals surface area contributed by atoms with Gasteiger partial charge in [-0.1, -0.05) is 37.6 Å². The maximum atomic E-state index is 2.56. The lowest BCUT2D eigenvalue weighted by molar-refractivity contribution is 0.283. The predicted octanol–water partition coefficient (Wildman–Crippen LogP) is 5.53. The average Bonchev–Trinajstić information content (AvgIpc) is 2.28. The third kappa shape index (κ3) is 2.63. The maximum Gasteiger partial charge on any atom is 0.00226 e. The highest BCUT2D eigenvalue weighted by molar-refractivity contribution is 5.41. The fourth-order valence-electron chi connectivity index (χ4n) is 3.86. The molecule has 18 heavy (non-hydrogen) atoms. The van der Waals surface area contributed by atoms with Gasteiger partial charge in [-0.15, -0.1) is 0 Å². The fraction of sp³-hybridized carbons (Fsp3) is 0.667. The summed E-state index contributed by atoms with van der Waals surface area (Å²) < 4.78 is 0. The maximum absolute atomic E-state index is 2.56. The van der Waals surface area contributed by atoms with Crippen LogP contribution in [0.3, 0.4) is 0 Å².